The number of anilines is 1. The Kier molecular flexibility index (Phi) is 5.73. The zero-order valence-corrected chi connectivity index (χ0v) is 10.6. The van der Waals surface area contributed by atoms with E-state index < -0.39 is 0 Å². The van der Waals surface area contributed by atoms with E-state index in [1.807, 2.05) is 32.0 Å². The molecule has 1 rings (SSSR count). The summed E-state index contributed by atoms with van der Waals surface area (Å²) < 4.78 is 0. The minimum Gasteiger partial charge on any atom is -0.364 e. The van der Waals surface area contributed by atoms with Crippen molar-refractivity contribution in [2.24, 2.45) is 0 Å². The highest BCUT2D eigenvalue weighted by molar-refractivity contribution is 6.30. The molecule has 0 aliphatic heterocycles. The quantitative estimate of drug-likeness (QED) is 0.688. The lowest BCUT2D eigenvalue weighted by Gasteiger charge is -2.21. The van der Waals surface area contributed by atoms with Crippen LogP contribution in [0, 0.1) is 0 Å². The molecule has 0 bridgehead atoms. The van der Waals surface area contributed by atoms with Crippen molar-refractivity contribution in [1.82, 2.24) is 0 Å². The standard InChI is InChI=1S/C14H18ClN/c1-3-5-10-16(11-6-4-2)14-9-7-8-13(15)12-14/h3-9,12H,10-11H2,1-2H3/b5-3+,6-4+. The molecular weight excluding hydrogens is 218 g/mol. The summed E-state index contributed by atoms with van der Waals surface area (Å²) >= 11 is 5.99. The average molecular weight is 236 g/mol. The molecule has 0 aromatic heterocycles. The van der Waals surface area contributed by atoms with E-state index in [1.54, 1.807) is 0 Å². The van der Waals surface area contributed by atoms with Crippen molar-refractivity contribution in [3.05, 3.63) is 53.6 Å². The molecular formula is C14H18ClN. The normalized spacial score (nSPS) is 11.4. The largest absolute Gasteiger partial charge is 0.364 e. The van der Waals surface area contributed by atoms with Gasteiger partial charge in [-0.05, 0) is 32.0 Å². The van der Waals surface area contributed by atoms with E-state index in [1.165, 1.54) is 0 Å². The highest BCUT2D eigenvalue weighted by atomic mass is 35.5. The SMILES string of the molecule is C/C=C/CN(C/C=C/C)c1cccc(Cl)c1. The Labute approximate surface area is 103 Å². The number of rotatable bonds is 5. The Morgan fingerprint density at radius 2 is 1.75 bits per heavy atom. The summed E-state index contributed by atoms with van der Waals surface area (Å²) in [6.07, 6.45) is 8.41. The van der Waals surface area contributed by atoms with Gasteiger partial charge in [0, 0.05) is 23.8 Å². The number of benzene rings is 1. The molecule has 0 aliphatic carbocycles. The molecule has 2 heteroatoms. The fourth-order valence-corrected chi connectivity index (χ4v) is 1.61. The molecule has 16 heavy (non-hydrogen) atoms. The summed E-state index contributed by atoms with van der Waals surface area (Å²) in [5.41, 5.74) is 1.16. The fraction of sp³-hybridized carbons (Fsp3) is 0.286. The van der Waals surface area contributed by atoms with Crippen molar-refractivity contribution >= 4 is 17.3 Å². The average Bonchev–Trinajstić information content (AvgIpc) is 2.29. The Hall–Kier alpha value is -1.21. The number of allylic oxidation sites excluding steroid dienone is 2. The zero-order valence-electron chi connectivity index (χ0n) is 9.86. The zero-order chi connectivity index (χ0) is 11.8. The molecule has 0 spiro atoms. The van der Waals surface area contributed by atoms with Crippen LogP contribution in [0.1, 0.15) is 13.8 Å². The molecule has 1 aromatic carbocycles. The smallest absolute Gasteiger partial charge is 0.0426 e. The minimum atomic E-state index is 0.781. The Morgan fingerprint density at radius 1 is 1.12 bits per heavy atom. The van der Waals surface area contributed by atoms with Crippen LogP contribution < -0.4 is 4.90 Å². The van der Waals surface area contributed by atoms with Gasteiger partial charge in [0.05, 0.1) is 0 Å². The third kappa shape index (κ3) is 4.11. The van der Waals surface area contributed by atoms with Gasteiger partial charge in [0.2, 0.25) is 0 Å². The first-order valence-electron chi connectivity index (χ1n) is 5.50. The highest BCUT2D eigenvalue weighted by Crippen LogP contribution is 2.19. The molecule has 0 heterocycles. The molecule has 1 aromatic rings. The third-order valence-electron chi connectivity index (χ3n) is 2.30. The van der Waals surface area contributed by atoms with Crippen molar-refractivity contribution in [2.45, 2.75) is 13.8 Å². The maximum Gasteiger partial charge on any atom is 0.0426 e. The molecule has 0 saturated carbocycles. The van der Waals surface area contributed by atoms with Gasteiger partial charge in [-0.25, -0.2) is 0 Å². The lowest BCUT2D eigenvalue weighted by atomic mass is 10.2. The van der Waals surface area contributed by atoms with E-state index in [0.717, 1.165) is 23.8 Å². The molecule has 0 radical (unpaired) electrons. The topological polar surface area (TPSA) is 3.24 Å². The summed E-state index contributed by atoms with van der Waals surface area (Å²) in [6, 6.07) is 7.96. The van der Waals surface area contributed by atoms with Crippen LogP contribution in [0.2, 0.25) is 5.02 Å². The molecule has 86 valence electrons. The molecule has 0 amide bonds. The van der Waals surface area contributed by atoms with Gasteiger partial charge >= 0.3 is 0 Å². The van der Waals surface area contributed by atoms with Gasteiger partial charge in [0.15, 0.2) is 0 Å². The van der Waals surface area contributed by atoms with Crippen molar-refractivity contribution in [3.63, 3.8) is 0 Å². The molecule has 0 saturated heterocycles. The maximum atomic E-state index is 5.99. The van der Waals surface area contributed by atoms with E-state index in [0.29, 0.717) is 0 Å². The molecule has 1 nitrogen and oxygen atoms in total. The first-order valence-corrected chi connectivity index (χ1v) is 5.88. The van der Waals surface area contributed by atoms with Crippen LogP contribution in [-0.4, -0.2) is 13.1 Å². The lowest BCUT2D eigenvalue weighted by Crippen LogP contribution is -2.23. The lowest BCUT2D eigenvalue weighted by molar-refractivity contribution is 0.952. The summed E-state index contributed by atoms with van der Waals surface area (Å²) in [6.45, 7) is 5.87. The predicted octanol–water partition coefficient (Wildman–Crippen LogP) is 4.30. The number of halogens is 1. The van der Waals surface area contributed by atoms with E-state index in [2.05, 4.69) is 35.3 Å². The number of nitrogens with zero attached hydrogens (tertiary/aromatic N) is 1. The molecule has 0 N–H and O–H groups in total. The van der Waals surface area contributed by atoms with Gasteiger partial charge in [0.25, 0.3) is 0 Å². The number of hydrogen-bond acceptors (Lipinski definition) is 1. The fourth-order valence-electron chi connectivity index (χ4n) is 1.42. The van der Waals surface area contributed by atoms with Crippen LogP contribution in [-0.2, 0) is 0 Å². The van der Waals surface area contributed by atoms with E-state index >= 15 is 0 Å². The Morgan fingerprint density at radius 3 is 2.25 bits per heavy atom. The second-order valence-electron chi connectivity index (χ2n) is 3.52. The second kappa shape index (κ2) is 7.13. The molecule has 0 atom stereocenters. The monoisotopic (exact) mass is 235 g/mol. The minimum absolute atomic E-state index is 0.781. The van der Waals surface area contributed by atoms with Gasteiger partial charge in [-0.15, -0.1) is 0 Å². The van der Waals surface area contributed by atoms with Gasteiger partial charge < -0.3 is 4.90 Å². The molecule has 0 unspecified atom stereocenters. The Balaban J connectivity index is 2.81. The maximum absolute atomic E-state index is 5.99. The Bertz CT molecular complexity index is 355. The second-order valence-corrected chi connectivity index (χ2v) is 3.96. The molecule has 0 aliphatic rings. The highest BCUT2D eigenvalue weighted by Gasteiger charge is 2.02. The van der Waals surface area contributed by atoms with Gasteiger partial charge in [0.1, 0.15) is 0 Å². The van der Waals surface area contributed by atoms with Gasteiger partial charge in [-0.1, -0.05) is 42.0 Å². The van der Waals surface area contributed by atoms with E-state index in [4.69, 9.17) is 11.6 Å². The van der Waals surface area contributed by atoms with Crippen LogP contribution in [0.25, 0.3) is 0 Å². The van der Waals surface area contributed by atoms with Crippen molar-refractivity contribution in [1.29, 1.82) is 0 Å². The van der Waals surface area contributed by atoms with Crippen LogP contribution in [0.4, 0.5) is 5.69 Å². The summed E-state index contributed by atoms with van der Waals surface area (Å²) in [4.78, 5) is 2.27. The summed E-state index contributed by atoms with van der Waals surface area (Å²) in [7, 11) is 0. The van der Waals surface area contributed by atoms with Gasteiger partial charge in [-0.2, -0.15) is 0 Å². The van der Waals surface area contributed by atoms with Crippen LogP contribution in [0.5, 0.6) is 0 Å². The van der Waals surface area contributed by atoms with Crippen LogP contribution in [0.3, 0.4) is 0 Å². The first kappa shape index (κ1) is 12.9. The first-order chi connectivity index (χ1) is 7.77. The summed E-state index contributed by atoms with van der Waals surface area (Å²) in [5, 5.41) is 0.781. The molecule has 0 fully saturated rings. The van der Waals surface area contributed by atoms with Crippen molar-refractivity contribution in [2.75, 3.05) is 18.0 Å². The predicted molar refractivity (Wildman–Crippen MR) is 73.3 cm³/mol. The van der Waals surface area contributed by atoms with Crippen molar-refractivity contribution in [3.8, 4) is 0 Å². The van der Waals surface area contributed by atoms with E-state index in [9.17, 15) is 0 Å². The number of hydrogen-bond donors (Lipinski definition) is 0. The summed E-state index contributed by atoms with van der Waals surface area (Å²) in [5.74, 6) is 0. The van der Waals surface area contributed by atoms with Crippen LogP contribution >= 0.6 is 11.6 Å². The third-order valence-corrected chi connectivity index (χ3v) is 2.53. The van der Waals surface area contributed by atoms with Crippen LogP contribution in [0.15, 0.2) is 48.6 Å². The van der Waals surface area contributed by atoms with E-state index in [-0.39, 0.29) is 0 Å². The van der Waals surface area contributed by atoms with Gasteiger partial charge in [-0.3, -0.25) is 0 Å². The van der Waals surface area contributed by atoms with Crippen molar-refractivity contribution < 1.29 is 0 Å².